The Labute approximate surface area is 194 Å². The first kappa shape index (κ1) is 24.6. The second-order valence-electron chi connectivity index (χ2n) is 11.7. The SMILES string of the molecule is CC(CCC(=O)O)[C@H]1CC[C@H]2[C@@H]3CC=C4C[C@@H](OC(=O)C(F)(F)F)CC[C@]4(C)[C@H]3CC[C@]12C. The van der Waals surface area contributed by atoms with Gasteiger partial charge >= 0.3 is 18.1 Å². The van der Waals surface area contributed by atoms with Crippen LogP contribution in [0.3, 0.4) is 0 Å². The summed E-state index contributed by atoms with van der Waals surface area (Å²) in [6.07, 6.45) is 4.79. The Hall–Kier alpha value is -1.53. The van der Waals surface area contributed by atoms with Gasteiger partial charge in [0.15, 0.2) is 0 Å². The van der Waals surface area contributed by atoms with Crippen LogP contribution in [0.15, 0.2) is 11.6 Å². The number of hydrogen-bond donors (Lipinski definition) is 1. The molecule has 0 bridgehead atoms. The zero-order chi connectivity index (χ0) is 24.2. The summed E-state index contributed by atoms with van der Waals surface area (Å²) in [5, 5.41) is 9.11. The Morgan fingerprint density at radius 3 is 2.55 bits per heavy atom. The van der Waals surface area contributed by atoms with Crippen molar-refractivity contribution in [2.45, 2.75) is 97.3 Å². The number of fused-ring (bicyclic) bond motifs is 5. The number of carbonyl (C=O) groups excluding carboxylic acids is 1. The molecule has 1 unspecified atom stereocenters. The van der Waals surface area contributed by atoms with Crippen molar-refractivity contribution in [2.24, 2.45) is 40.4 Å². The third kappa shape index (κ3) is 4.34. The lowest BCUT2D eigenvalue weighted by atomic mass is 9.47. The van der Waals surface area contributed by atoms with Crippen molar-refractivity contribution in [2.75, 3.05) is 0 Å². The summed E-state index contributed by atoms with van der Waals surface area (Å²) in [5.74, 6) is -0.141. The lowest BCUT2D eigenvalue weighted by Crippen LogP contribution is -2.51. The van der Waals surface area contributed by atoms with Crippen molar-refractivity contribution in [1.29, 1.82) is 0 Å². The summed E-state index contributed by atoms with van der Waals surface area (Å²) >= 11 is 0. The van der Waals surface area contributed by atoms with E-state index >= 15 is 0 Å². The molecule has 4 aliphatic carbocycles. The average Bonchev–Trinajstić information content (AvgIpc) is 3.08. The van der Waals surface area contributed by atoms with E-state index in [0.29, 0.717) is 42.4 Å². The van der Waals surface area contributed by atoms with Crippen LogP contribution >= 0.6 is 0 Å². The van der Waals surface area contributed by atoms with Crippen molar-refractivity contribution >= 4 is 11.9 Å². The first-order valence-electron chi connectivity index (χ1n) is 12.6. The van der Waals surface area contributed by atoms with Crippen LogP contribution < -0.4 is 0 Å². The first-order chi connectivity index (χ1) is 15.4. The highest BCUT2D eigenvalue weighted by Crippen LogP contribution is 2.67. The molecular weight excluding hydrogens is 433 g/mol. The Bertz CT molecular complexity index is 821. The lowest BCUT2D eigenvalue weighted by Gasteiger charge is -2.58. The number of hydrogen-bond acceptors (Lipinski definition) is 3. The number of esters is 1. The van der Waals surface area contributed by atoms with E-state index in [1.54, 1.807) is 0 Å². The molecule has 0 aliphatic heterocycles. The minimum absolute atomic E-state index is 0.0294. The third-order valence-electron chi connectivity index (χ3n) is 10.1. The molecule has 0 amide bonds. The van der Waals surface area contributed by atoms with Crippen molar-refractivity contribution in [1.82, 2.24) is 0 Å². The zero-order valence-electron chi connectivity index (χ0n) is 19.9. The predicted octanol–water partition coefficient (Wildman–Crippen LogP) is 6.54. The number of ether oxygens (including phenoxy) is 1. The van der Waals surface area contributed by atoms with Gasteiger partial charge in [-0.25, -0.2) is 4.79 Å². The number of alkyl halides is 3. The Morgan fingerprint density at radius 1 is 1.15 bits per heavy atom. The van der Waals surface area contributed by atoms with Crippen LogP contribution in [0.1, 0.15) is 85.0 Å². The van der Waals surface area contributed by atoms with Gasteiger partial charge in [-0.05, 0) is 91.8 Å². The van der Waals surface area contributed by atoms with Gasteiger partial charge < -0.3 is 9.84 Å². The topological polar surface area (TPSA) is 63.6 Å². The molecule has 0 spiro atoms. The van der Waals surface area contributed by atoms with E-state index in [9.17, 15) is 22.8 Å². The summed E-state index contributed by atoms with van der Waals surface area (Å²) in [5.41, 5.74) is 1.39. The van der Waals surface area contributed by atoms with E-state index < -0.39 is 24.2 Å². The quantitative estimate of drug-likeness (QED) is 0.366. The second kappa shape index (κ2) is 8.60. The molecule has 3 saturated carbocycles. The van der Waals surface area contributed by atoms with Crippen molar-refractivity contribution < 1.29 is 32.6 Å². The Kier molecular flexibility index (Phi) is 6.41. The number of carboxylic acids is 1. The summed E-state index contributed by atoms with van der Waals surface area (Å²) in [7, 11) is 0. The fraction of sp³-hybridized carbons (Fsp3) is 0.846. The predicted molar refractivity (Wildman–Crippen MR) is 117 cm³/mol. The van der Waals surface area contributed by atoms with E-state index in [4.69, 9.17) is 9.84 Å². The molecule has 0 aromatic carbocycles. The molecule has 0 aromatic rings. The van der Waals surface area contributed by atoms with Gasteiger partial charge in [-0.15, -0.1) is 0 Å². The zero-order valence-corrected chi connectivity index (χ0v) is 19.9. The largest absolute Gasteiger partial charge is 0.490 e. The molecule has 0 saturated heterocycles. The molecule has 3 fully saturated rings. The number of carboxylic acid groups (broad SMARTS) is 1. The monoisotopic (exact) mass is 470 g/mol. The van der Waals surface area contributed by atoms with Crippen LogP contribution in [0.4, 0.5) is 13.2 Å². The summed E-state index contributed by atoms with van der Waals surface area (Å²) in [4.78, 5) is 22.4. The molecule has 4 nitrogen and oxygen atoms in total. The molecule has 7 heteroatoms. The lowest BCUT2D eigenvalue weighted by molar-refractivity contribution is -0.206. The van der Waals surface area contributed by atoms with Gasteiger partial charge in [0.2, 0.25) is 0 Å². The van der Waals surface area contributed by atoms with E-state index in [1.807, 2.05) is 0 Å². The van der Waals surface area contributed by atoms with Gasteiger partial charge in [-0.2, -0.15) is 13.2 Å². The molecular formula is C26H37F3O4. The average molecular weight is 471 g/mol. The molecule has 4 aliphatic rings. The molecule has 0 heterocycles. The second-order valence-corrected chi connectivity index (χ2v) is 11.7. The molecule has 186 valence electrons. The number of allylic oxidation sites excluding steroid dienone is 1. The summed E-state index contributed by atoms with van der Waals surface area (Å²) in [6.45, 7) is 6.93. The maximum atomic E-state index is 12.7. The van der Waals surface area contributed by atoms with E-state index in [1.165, 1.54) is 12.0 Å². The smallest absolute Gasteiger partial charge is 0.481 e. The van der Waals surface area contributed by atoms with E-state index in [2.05, 4.69) is 26.8 Å². The standard InChI is InChI=1S/C26H37F3O4/c1-15(4-9-22(30)31)19-7-8-20-18-6-5-16-14-17(33-23(32)26(27,28)29)10-12-24(16,2)21(18)11-13-25(19,20)3/h5,15,17-21H,4,6-14H2,1-3H3,(H,30,31)/t15?,17-,18-,19+,20-,21-,24-,25+/m0/s1. The highest BCUT2D eigenvalue weighted by Gasteiger charge is 2.59. The van der Waals surface area contributed by atoms with Crippen LogP contribution in [-0.4, -0.2) is 29.3 Å². The summed E-state index contributed by atoms with van der Waals surface area (Å²) in [6, 6.07) is 0. The van der Waals surface area contributed by atoms with Crippen molar-refractivity contribution in [3.05, 3.63) is 11.6 Å². The highest BCUT2D eigenvalue weighted by molar-refractivity contribution is 5.75. The number of aliphatic carboxylic acids is 1. The van der Waals surface area contributed by atoms with Gasteiger partial charge in [0, 0.05) is 12.8 Å². The van der Waals surface area contributed by atoms with Gasteiger partial charge in [-0.3, -0.25) is 4.79 Å². The molecule has 0 radical (unpaired) electrons. The van der Waals surface area contributed by atoms with Crippen LogP contribution in [0.5, 0.6) is 0 Å². The molecule has 4 rings (SSSR count). The van der Waals surface area contributed by atoms with Crippen molar-refractivity contribution in [3.63, 3.8) is 0 Å². The fourth-order valence-electron chi connectivity index (χ4n) is 8.47. The number of halogens is 3. The maximum Gasteiger partial charge on any atom is 0.490 e. The molecule has 33 heavy (non-hydrogen) atoms. The number of carbonyl (C=O) groups is 2. The van der Waals surface area contributed by atoms with Crippen LogP contribution in [0, 0.1) is 40.4 Å². The minimum Gasteiger partial charge on any atom is -0.481 e. The van der Waals surface area contributed by atoms with E-state index in [0.717, 1.165) is 38.5 Å². The summed E-state index contributed by atoms with van der Waals surface area (Å²) < 4.78 is 42.8. The first-order valence-corrected chi connectivity index (χ1v) is 12.6. The third-order valence-corrected chi connectivity index (χ3v) is 10.1. The highest BCUT2D eigenvalue weighted by atomic mass is 19.4. The van der Waals surface area contributed by atoms with Gasteiger partial charge in [0.1, 0.15) is 6.10 Å². The normalized spacial score (nSPS) is 41.3. The van der Waals surface area contributed by atoms with Crippen molar-refractivity contribution in [3.8, 4) is 0 Å². The van der Waals surface area contributed by atoms with Crippen LogP contribution in [0.25, 0.3) is 0 Å². The minimum atomic E-state index is -4.94. The number of rotatable bonds is 5. The maximum absolute atomic E-state index is 12.7. The van der Waals surface area contributed by atoms with Crippen LogP contribution in [-0.2, 0) is 14.3 Å². The van der Waals surface area contributed by atoms with Gasteiger partial charge in [-0.1, -0.05) is 32.4 Å². The van der Waals surface area contributed by atoms with Gasteiger partial charge in [0.25, 0.3) is 0 Å². The van der Waals surface area contributed by atoms with Crippen LogP contribution in [0.2, 0.25) is 0 Å². The molecule has 1 N–H and O–H groups in total. The Morgan fingerprint density at radius 2 is 1.88 bits per heavy atom. The molecule has 0 aromatic heterocycles. The van der Waals surface area contributed by atoms with Gasteiger partial charge in [0.05, 0.1) is 0 Å². The van der Waals surface area contributed by atoms with E-state index in [-0.39, 0.29) is 17.3 Å². The Balaban J connectivity index is 1.47. The fourth-order valence-corrected chi connectivity index (χ4v) is 8.47. The molecule has 8 atom stereocenters.